The van der Waals surface area contributed by atoms with Crippen molar-refractivity contribution in [1.82, 2.24) is 0 Å². The van der Waals surface area contributed by atoms with Gasteiger partial charge in [0.25, 0.3) is 0 Å². The van der Waals surface area contributed by atoms with E-state index in [1.165, 1.54) is 51.4 Å². The predicted molar refractivity (Wildman–Crippen MR) is 151 cm³/mol. The topological polar surface area (TPSA) is 227 Å². The van der Waals surface area contributed by atoms with Gasteiger partial charge in [-0.2, -0.15) is 0 Å². The maximum Gasteiger partial charge on any atom is 0.187 e. The van der Waals surface area contributed by atoms with E-state index in [0.717, 1.165) is 38.5 Å². The number of azide groups is 1. The van der Waals surface area contributed by atoms with E-state index in [2.05, 4.69) is 10.0 Å². The maximum atomic E-state index is 10.8. The molecule has 0 aromatic carbocycles. The van der Waals surface area contributed by atoms with Crippen molar-refractivity contribution in [1.29, 1.82) is 0 Å². The average Bonchev–Trinajstić information content (AvgIpc) is 2.99. The van der Waals surface area contributed by atoms with Gasteiger partial charge in [-0.25, -0.2) is 0 Å². The molecule has 14 nitrogen and oxygen atoms in total. The van der Waals surface area contributed by atoms with Crippen LogP contribution in [0.4, 0.5) is 0 Å². The predicted octanol–water partition coefficient (Wildman–Crippen LogP) is 1.40. The minimum atomic E-state index is -1.73. The van der Waals surface area contributed by atoms with Crippen molar-refractivity contribution in [3.63, 3.8) is 0 Å². The second-order valence-corrected chi connectivity index (χ2v) is 11.3. The molecular weight excluding hydrogens is 554 g/mol. The zero-order valence-corrected chi connectivity index (χ0v) is 24.6. The van der Waals surface area contributed by atoms with Gasteiger partial charge in [-0.1, -0.05) is 82.2 Å². The van der Waals surface area contributed by atoms with Crippen LogP contribution in [0.25, 0.3) is 10.4 Å². The van der Waals surface area contributed by atoms with Crippen LogP contribution in [0.5, 0.6) is 0 Å². The van der Waals surface area contributed by atoms with Crippen LogP contribution in [-0.4, -0.2) is 124 Å². The summed E-state index contributed by atoms with van der Waals surface area (Å²) in [7, 11) is 0. The van der Waals surface area contributed by atoms with Crippen molar-refractivity contribution in [2.75, 3.05) is 26.4 Å². The third kappa shape index (κ3) is 12.5. The van der Waals surface area contributed by atoms with Crippen molar-refractivity contribution in [2.45, 2.75) is 151 Å². The summed E-state index contributed by atoms with van der Waals surface area (Å²) in [4.78, 5) is 2.76. The summed E-state index contributed by atoms with van der Waals surface area (Å²) in [6.07, 6.45) is 1.59. The number of ether oxygens (including phenoxy) is 4. The zero-order chi connectivity index (χ0) is 30.7. The molecule has 42 heavy (non-hydrogen) atoms. The normalized spacial score (nSPS) is 33.4. The van der Waals surface area contributed by atoms with Gasteiger partial charge in [-0.3, -0.25) is 0 Å². The van der Waals surface area contributed by atoms with E-state index in [1.54, 1.807) is 0 Å². The lowest BCUT2D eigenvalue weighted by Gasteiger charge is -2.46. The molecule has 10 atom stereocenters. The Hall–Kier alpha value is -1.13. The van der Waals surface area contributed by atoms with Gasteiger partial charge in [0.15, 0.2) is 12.6 Å². The van der Waals surface area contributed by atoms with Gasteiger partial charge in [0.1, 0.15) is 48.8 Å². The molecule has 7 N–H and O–H groups in total. The van der Waals surface area contributed by atoms with Crippen molar-refractivity contribution in [3.05, 3.63) is 10.4 Å². The minimum Gasteiger partial charge on any atom is -0.394 e. The Labute approximate surface area is 248 Å². The van der Waals surface area contributed by atoms with Gasteiger partial charge >= 0.3 is 0 Å². The second-order valence-electron chi connectivity index (χ2n) is 11.3. The highest BCUT2D eigenvalue weighted by atomic mass is 16.7. The van der Waals surface area contributed by atoms with Crippen LogP contribution in [0.2, 0.25) is 0 Å². The first-order chi connectivity index (χ1) is 20.3. The molecule has 14 heteroatoms. The summed E-state index contributed by atoms with van der Waals surface area (Å²) in [5.74, 6) is 0. The minimum absolute atomic E-state index is 0.272. The molecule has 2 aliphatic rings. The number of nitrogens with zero attached hydrogens (tertiary/aromatic N) is 3. The van der Waals surface area contributed by atoms with E-state index in [4.69, 9.17) is 24.5 Å². The molecule has 2 fully saturated rings. The number of hydrogen-bond donors (Lipinski definition) is 7. The molecule has 0 aliphatic carbocycles. The van der Waals surface area contributed by atoms with Crippen molar-refractivity contribution in [2.24, 2.45) is 5.11 Å². The lowest BCUT2D eigenvalue weighted by molar-refractivity contribution is -0.357. The molecule has 246 valence electrons. The number of aliphatic hydroxyl groups is 7. The molecular formula is C28H53N3O11. The molecule has 0 aromatic rings. The third-order valence-electron chi connectivity index (χ3n) is 7.98. The van der Waals surface area contributed by atoms with Crippen LogP contribution in [-0.2, 0) is 18.9 Å². The first-order valence-electron chi connectivity index (χ1n) is 15.6. The second kappa shape index (κ2) is 21.6. The largest absolute Gasteiger partial charge is 0.394 e. The number of rotatable bonds is 22. The van der Waals surface area contributed by atoms with E-state index >= 15 is 0 Å². The Morgan fingerprint density at radius 3 is 1.64 bits per heavy atom. The number of aliphatic hydroxyl groups excluding tert-OH is 7. The van der Waals surface area contributed by atoms with Gasteiger partial charge in [0.2, 0.25) is 0 Å². The van der Waals surface area contributed by atoms with Gasteiger partial charge in [0, 0.05) is 18.1 Å². The summed E-state index contributed by atoms with van der Waals surface area (Å²) in [5, 5.41) is 74.1. The first-order valence-corrected chi connectivity index (χ1v) is 15.6. The Morgan fingerprint density at radius 1 is 0.595 bits per heavy atom. The summed E-state index contributed by atoms with van der Waals surface area (Å²) >= 11 is 0. The smallest absolute Gasteiger partial charge is 0.187 e. The molecule has 2 aliphatic heterocycles. The fourth-order valence-corrected chi connectivity index (χ4v) is 5.42. The fourth-order valence-electron chi connectivity index (χ4n) is 5.42. The van der Waals surface area contributed by atoms with Gasteiger partial charge in [0.05, 0.1) is 13.2 Å². The van der Waals surface area contributed by atoms with E-state index in [0.29, 0.717) is 6.54 Å². The van der Waals surface area contributed by atoms with Crippen LogP contribution in [0, 0.1) is 0 Å². The molecule has 2 saturated heterocycles. The Balaban J connectivity index is 1.60. The lowest BCUT2D eigenvalue weighted by atomic mass is 9.97. The van der Waals surface area contributed by atoms with E-state index in [-0.39, 0.29) is 6.61 Å². The third-order valence-corrected chi connectivity index (χ3v) is 7.98. The van der Waals surface area contributed by atoms with Crippen molar-refractivity contribution >= 4 is 0 Å². The van der Waals surface area contributed by atoms with Gasteiger partial charge in [-0.15, -0.1) is 0 Å². The van der Waals surface area contributed by atoms with Crippen LogP contribution < -0.4 is 0 Å². The van der Waals surface area contributed by atoms with Crippen LogP contribution in [0.3, 0.4) is 0 Å². The molecule has 0 aromatic heterocycles. The Bertz CT molecular complexity index is 746. The SMILES string of the molecule is [N-]=[N+]=NCCCCCCCCCCCCCCCCO[C@@H]1[C@@H](O)[C@@H](O[C@H]2[C@H](O)[C@@H](O)[C@@H](O)O[C@@H]2CO)O[C@H](CO)[C@H]1O. The molecule has 2 rings (SSSR count). The highest BCUT2D eigenvalue weighted by Gasteiger charge is 2.50. The highest BCUT2D eigenvalue weighted by Crippen LogP contribution is 2.30. The fraction of sp³-hybridized carbons (Fsp3) is 1.00. The van der Waals surface area contributed by atoms with Crippen LogP contribution in [0.1, 0.15) is 89.9 Å². The highest BCUT2D eigenvalue weighted by molar-refractivity contribution is 4.94. The number of unbranched alkanes of at least 4 members (excludes halogenated alkanes) is 13. The van der Waals surface area contributed by atoms with Crippen molar-refractivity contribution in [3.8, 4) is 0 Å². The van der Waals surface area contributed by atoms with E-state index in [9.17, 15) is 35.7 Å². The molecule has 0 spiro atoms. The quantitative estimate of drug-likeness (QED) is 0.0403. The van der Waals surface area contributed by atoms with Gasteiger partial charge < -0.3 is 54.7 Å². The molecule has 0 unspecified atom stereocenters. The lowest BCUT2D eigenvalue weighted by Crippen LogP contribution is -2.64. The number of hydrogen-bond acceptors (Lipinski definition) is 12. The molecule has 2 heterocycles. The Kier molecular flexibility index (Phi) is 19.0. The summed E-state index contributed by atoms with van der Waals surface area (Å²) in [5.41, 5.74) is 8.24. The van der Waals surface area contributed by atoms with Crippen LogP contribution in [0.15, 0.2) is 5.11 Å². The molecule has 0 bridgehead atoms. The zero-order valence-electron chi connectivity index (χ0n) is 24.6. The molecule has 0 saturated carbocycles. The average molecular weight is 608 g/mol. The molecule has 0 radical (unpaired) electrons. The standard InChI is InChI=1S/C28H53N3O11/c29-31-30-15-13-11-9-7-5-3-1-2-4-6-8-10-12-14-16-39-26-21(34)19(17-32)41-28(24(26)37)42-25-20(18-33)40-27(38)23(36)22(25)35/h19-28,32-38H,1-18H2/t19-,20-,21-,22-,23-,24-,25-,26+,27+,28-/m1/s1. The summed E-state index contributed by atoms with van der Waals surface area (Å²) < 4.78 is 22.0. The summed E-state index contributed by atoms with van der Waals surface area (Å²) in [6.45, 7) is -0.357. The van der Waals surface area contributed by atoms with Gasteiger partial charge in [-0.05, 0) is 18.4 Å². The molecule has 0 amide bonds. The summed E-state index contributed by atoms with van der Waals surface area (Å²) in [6, 6.07) is 0. The monoisotopic (exact) mass is 607 g/mol. The van der Waals surface area contributed by atoms with Crippen LogP contribution >= 0.6 is 0 Å². The van der Waals surface area contributed by atoms with Crippen molar-refractivity contribution < 1.29 is 54.7 Å². The van der Waals surface area contributed by atoms with E-state index in [1.807, 2.05) is 0 Å². The Morgan fingerprint density at radius 2 is 1.12 bits per heavy atom. The van der Waals surface area contributed by atoms with E-state index < -0.39 is 74.6 Å². The maximum absolute atomic E-state index is 10.8. The first kappa shape index (κ1) is 37.1.